The minimum Gasteiger partial charge on any atom is -0.350 e. The van der Waals surface area contributed by atoms with Crippen LogP contribution < -0.4 is 5.32 Å². The van der Waals surface area contributed by atoms with E-state index in [2.05, 4.69) is 15.6 Å². The zero-order valence-electron chi connectivity index (χ0n) is 15.0. The van der Waals surface area contributed by atoms with E-state index in [1.165, 1.54) is 23.7 Å². The molecule has 28 heavy (non-hydrogen) atoms. The lowest BCUT2D eigenvalue weighted by molar-refractivity contribution is -0.137. The monoisotopic (exact) mass is 416 g/mol. The molecular formula is C17H19F3N4O3S. The minimum absolute atomic E-state index is 0.00816. The summed E-state index contributed by atoms with van der Waals surface area (Å²) in [5, 5.41) is 10.2. The average Bonchev–Trinajstić information content (AvgIpc) is 3.38. The summed E-state index contributed by atoms with van der Waals surface area (Å²) in [6, 6.07) is 4.65. The van der Waals surface area contributed by atoms with Crippen LogP contribution >= 0.6 is 0 Å². The largest absolute Gasteiger partial charge is 0.416 e. The highest BCUT2D eigenvalue weighted by Gasteiger charge is 2.35. The molecule has 1 heterocycles. The van der Waals surface area contributed by atoms with Crippen LogP contribution in [-0.2, 0) is 16.0 Å². The molecular weight excluding hydrogens is 397 g/mol. The van der Waals surface area contributed by atoms with E-state index < -0.39 is 27.5 Å². The lowest BCUT2D eigenvalue weighted by Gasteiger charge is -2.11. The van der Waals surface area contributed by atoms with Gasteiger partial charge in [0, 0.05) is 18.2 Å². The van der Waals surface area contributed by atoms with E-state index in [9.17, 15) is 26.4 Å². The van der Waals surface area contributed by atoms with Crippen molar-refractivity contribution >= 4 is 15.7 Å². The summed E-state index contributed by atoms with van der Waals surface area (Å²) in [5.74, 6) is -0.839. The van der Waals surface area contributed by atoms with Crippen molar-refractivity contribution in [2.45, 2.75) is 31.9 Å². The fraction of sp³-hybridized carbons (Fsp3) is 0.471. The summed E-state index contributed by atoms with van der Waals surface area (Å²) >= 11 is 0. The molecule has 7 nitrogen and oxygen atoms in total. The van der Waals surface area contributed by atoms with Crippen LogP contribution in [0.15, 0.2) is 24.3 Å². The summed E-state index contributed by atoms with van der Waals surface area (Å²) < 4.78 is 63.3. The highest BCUT2D eigenvalue weighted by Crippen LogP contribution is 2.42. The second-order valence-corrected chi connectivity index (χ2v) is 9.02. The molecule has 0 unspecified atom stereocenters. The third kappa shape index (κ3) is 4.51. The summed E-state index contributed by atoms with van der Waals surface area (Å²) in [6.45, 7) is 1.44. The van der Waals surface area contributed by atoms with Gasteiger partial charge in [-0.1, -0.05) is 18.2 Å². The third-order valence-corrected chi connectivity index (χ3v) is 6.15. The number of hydrogen-bond acceptors (Lipinski definition) is 5. The Kier molecular flexibility index (Phi) is 5.46. The predicted molar refractivity (Wildman–Crippen MR) is 95.0 cm³/mol. The van der Waals surface area contributed by atoms with E-state index >= 15 is 0 Å². The van der Waals surface area contributed by atoms with Gasteiger partial charge in [0.05, 0.1) is 22.7 Å². The second-order valence-electron chi connectivity index (χ2n) is 6.55. The van der Waals surface area contributed by atoms with Crippen LogP contribution in [0.5, 0.6) is 0 Å². The van der Waals surface area contributed by atoms with Gasteiger partial charge >= 0.3 is 6.18 Å². The smallest absolute Gasteiger partial charge is 0.350 e. The van der Waals surface area contributed by atoms with Gasteiger partial charge in [-0.15, -0.1) is 5.10 Å². The number of benzene rings is 1. The zero-order chi connectivity index (χ0) is 20.5. The predicted octanol–water partition coefficient (Wildman–Crippen LogP) is 2.33. The number of sulfone groups is 1. The molecule has 0 aliphatic heterocycles. The van der Waals surface area contributed by atoms with E-state index in [-0.39, 0.29) is 35.3 Å². The summed E-state index contributed by atoms with van der Waals surface area (Å²) in [5.41, 5.74) is -0.209. The first kappa shape index (κ1) is 20.3. The number of aromatic nitrogens is 3. The van der Waals surface area contributed by atoms with Gasteiger partial charge in [0.15, 0.2) is 15.5 Å². The first-order chi connectivity index (χ1) is 13.1. The first-order valence-electron chi connectivity index (χ1n) is 8.74. The van der Waals surface area contributed by atoms with Gasteiger partial charge in [-0.25, -0.2) is 13.1 Å². The van der Waals surface area contributed by atoms with Crippen LogP contribution in [0.3, 0.4) is 0 Å². The Morgan fingerprint density at radius 3 is 2.64 bits per heavy atom. The fourth-order valence-electron chi connectivity index (χ4n) is 2.73. The number of carbonyl (C=O) groups is 1. The molecule has 1 aliphatic carbocycles. The van der Waals surface area contributed by atoms with Crippen molar-refractivity contribution in [3.63, 3.8) is 0 Å². The van der Waals surface area contributed by atoms with Gasteiger partial charge in [0.25, 0.3) is 5.91 Å². The highest BCUT2D eigenvalue weighted by molar-refractivity contribution is 7.91. The zero-order valence-corrected chi connectivity index (χ0v) is 15.8. The number of amides is 1. The Balaban J connectivity index is 1.86. The Hall–Kier alpha value is -2.43. The van der Waals surface area contributed by atoms with E-state index in [1.807, 2.05) is 0 Å². The molecule has 0 saturated heterocycles. The third-order valence-electron chi connectivity index (χ3n) is 4.44. The van der Waals surface area contributed by atoms with Gasteiger partial charge in [0.1, 0.15) is 0 Å². The first-order valence-corrected chi connectivity index (χ1v) is 10.6. The van der Waals surface area contributed by atoms with Crippen LogP contribution in [0.4, 0.5) is 13.2 Å². The molecule has 1 aromatic heterocycles. The SMILES string of the molecule is CCS(=O)(=O)CCNC(=O)c1nnn(-c2cccc(C(F)(F)F)c2)c1C1CC1. The van der Waals surface area contributed by atoms with Crippen molar-refractivity contribution in [2.75, 3.05) is 18.1 Å². The maximum Gasteiger partial charge on any atom is 0.416 e. The minimum atomic E-state index is -4.50. The molecule has 1 fully saturated rings. The molecule has 11 heteroatoms. The molecule has 0 radical (unpaired) electrons. The van der Waals surface area contributed by atoms with Gasteiger partial charge in [-0.05, 0) is 31.0 Å². The number of nitrogens with one attached hydrogen (secondary N) is 1. The van der Waals surface area contributed by atoms with E-state index in [0.29, 0.717) is 5.69 Å². The summed E-state index contributed by atoms with van der Waals surface area (Å²) in [7, 11) is -3.23. The standard InChI is InChI=1S/C17H19F3N4O3S/c1-2-28(26,27)9-8-21-16(25)14-15(11-6-7-11)24(23-22-14)13-5-3-4-12(10-13)17(18,19)20/h3-5,10-11H,2,6-9H2,1H3,(H,21,25). The molecule has 1 aromatic carbocycles. The average molecular weight is 416 g/mol. The van der Waals surface area contributed by atoms with Crippen molar-refractivity contribution in [3.05, 3.63) is 41.2 Å². The van der Waals surface area contributed by atoms with Crippen LogP contribution in [0.1, 0.15) is 47.4 Å². The highest BCUT2D eigenvalue weighted by atomic mass is 32.2. The van der Waals surface area contributed by atoms with Crippen LogP contribution in [0, 0.1) is 0 Å². The normalized spacial score (nSPS) is 14.9. The summed E-state index contributed by atoms with van der Waals surface area (Å²) in [4.78, 5) is 12.4. The maximum atomic E-state index is 13.0. The van der Waals surface area contributed by atoms with E-state index in [4.69, 9.17) is 0 Å². The van der Waals surface area contributed by atoms with Gasteiger partial charge in [-0.2, -0.15) is 13.2 Å². The molecule has 1 aliphatic rings. The number of hydrogen-bond donors (Lipinski definition) is 1. The van der Waals surface area contributed by atoms with Gasteiger partial charge in [0.2, 0.25) is 0 Å². The van der Waals surface area contributed by atoms with Gasteiger partial charge < -0.3 is 5.32 Å². The number of alkyl halides is 3. The van der Waals surface area contributed by atoms with Crippen molar-refractivity contribution in [2.24, 2.45) is 0 Å². The second kappa shape index (κ2) is 7.53. The van der Waals surface area contributed by atoms with Crippen LogP contribution in [0.25, 0.3) is 5.69 Å². The van der Waals surface area contributed by atoms with Crippen molar-refractivity contribution in [1.82, 2.24) is 20.3 Å². The summed E-state index contributed by atoms with van der Waals surface area (Å²) in [6.07, 6.45) is -2.95. The van der Waals surface area contributed by atoms with E-state index in [0.717, 1.165) is 25.0 Å². The molecule has 1 saturated carbocycles. The number of nitrogens with zero attached hydrogens (tertiary/aromatic N) is 3. The van der Waals surface area contributed by atoms with E-state index in [1.54, 1.807) is 0 Å². The number of carbonyl (C=O) groups excluding carboxylic acids is 1. The molecule has 152 valence electrons. The Morgan fingerprint density at radius 1 is 1.32 bits per heavy atom. The van der Waals surface area contributed by atoms with Gasteiger partial charge in [-0.3, -0.25) is 4.79 Å². The Bertz CT molecular complexity index is 982. The molecule has 1 N–H and O–H groups in total. The fourth-order valence-corrected chi connectivity index (χ4v) is 3.43. The topological polar surface area (TPSA) is 93.9 Å². The molecule has 0 atom stereocenters. The number of rotatable bonds is 7. The quantitative estimate of drug-likeness (QED) is 0.748. The maximum absolute atomic E-state index is 13.0. The Morgan fingerprint density at radius 2 is 2.04 bits per heavy atom. The number of halogens is 3. The van der Waals surface area contributed by atoms with Crippen LogP contribution in [-0.4, -0.2) is 47.4 Å². The molecule has 0 bridgehead atoms. The van der Waals surface area contributed by atoms with Crippen molar-refractivity contribution in [1.29, 1.82) is 0 Å². The lowest BCUT2D eigenvalue weighted by Crippen LogP contribution is -2.30. The molecule has 3 rings (SSSR count). The lowest BCUT2D eigenvalue weighted by atomic mass is 10.1. The Labute approximate surface area is 159 Å². The van der Waals surface area contributed by atoms with Crippen molar-refractivity contribution < 1.29 is 26.4 Å². The van der Waals surface area contributed by atoms with Crippen LogP contribution in [0.2, 0.25) is 0 Å². The molecule has 0 spiro atoms. The molecule has 1 amide bonds. The molecule has 2 aromatic rings. The van der Waals surface area contributed by atoms with Crippen molar-refractivity contribution in [3.8, 4) is 5.69 Å².